The standard InChI is InChI=1S/C9H6O/c1-2-4-8-6-7-10-9(8)5-3-1/h2,4,6-7H,5H2. The predicted octanol–water partition coefficient (Wildman–Crippen LogP) is 1.85. The largest absolute Gasteiger partial charge is 0.468 e. The van der Waals surface area contributed by atoms with E-state index in [4.69, 9.17) is 4.42 Å². The molecule has 10 heavy (non-hydrogen) atoms. The fraction of sp³-hybridized carbons (Fsp3) is 0.111. The fourth-order valence-corrected chi connectivity index (χ4v) is 0.964. The molecule has 48 valence electrons. The summed E-state index contributed by atoms with van der Waals surface area (Å²) in [6, 6.07) is 1.94. The van der Waals surface area contributed by atoms with Crippen molar-refractivity contribution in [3.63, 3.8) is 0 Å². The van der Waals surface area contributed by atoms with Crippen molar-refractivity contribution >= 4 is 6.08 Å². The van der Waals surface area contributed by atoms with Crippen LogP contribution < -0.4 is 0 Å². The molecule has 1 heteroatoms. The van der Waals surface area contributed by atoms with Crippen LogP contribution in [0.25, 0.3) is 6.08 Å². The van der Waals surface area contributed by atoms with Gasteiger partial charge in [-0.2, -0.15) is 0 Å². The molecule has 1 nitrogen and oxygen atoms in total. The molecule has 1 aliphatic carbocycles. The molecule has 0 aliphatic heterocycles. The van der Waals surface area contributed by atoms with Crippen LogP contribution in [0.5, 0.6) is 0 Å². The first kappa shape index (κ1) is 5.37. The maximum atomic E-state index is 5.18. The topological polar surface area (TPSA) is 13.1 Å². The molecule has 0 fully saturated rings. The quantitative estimate of drug-likeness (QED) is 0.488. The van der Waals surface area contributed by atoms with Crippen LogP contribution in [0.4, 0.5) is 0 Å². The monoisotopic (exact) mass is 130 g/mol. The SMILES string of the molecule is C1#CCc2occc2C=C1. The van der Waals surface area contributed by atoms with Crippen molar-refractivity contribution in [3.8, 4) is 11.8 Å². The number of furan rings is 1. The minimum absolute atomic E-state index is 0.731. The molecule has 0 bridgehead atoms. The van der Waals surface area contributed by atoms with Crippen molar-refractivity contribution in [2.75, 3.05) is 0 Å². The van der Waals surface area contributed by atoms with Gasteiger partial charge in [-0.3, -0.25) is 0 Å². The molecule has 1 heterocycles. The Balaban J connectivity index is 2.54. The van der Waals surface area contributed by atoms with E-state index in [1.165, 1.54) is 0 Å². The second kappa shape index (κ2) is 2.07. The van der Waals surface area contributed by atoms with Crippen molar-refractivity contribution < 1.29 is 4.42 Å². The second-order valence-electron chi connectivity index (χ2n) is 2.13. The maximum absolute atomic E-state index is 5.18. The van der Waals surface area contributed by atoms with Crippen LogP contribution in [0.2, 0.25) is 0 Å². The van der Waals surface area contributed by atoms with Crippen molar-refractivity contribution in [2.24, 2.45) is 0 Å². The third-order valence-electron chi connectivity index (χ3n) is 1.48. The van der Waals surface area contributed by atoms with Crippen LogP contribution >= 0.6 is 0 Å². The lowest BCUT2D eigenvalue weighted by atomic mass is 10.2. The van der Waals surface area contributed by atoms with Crippen molar-refractivity contribution in [1.82, 2.24) is 0 Å². The fourth-order valence-electron chi connectivity index (χ4n) is 0.964. The molecule has 0 unspecified atom stereocenters. The van der Waals surface area contributed by atoms with E-state index in [-0.39, 0.29) is 0 Å². The van der Waals surface area contributed by atoms with E-state index in [0.29, 0.717) is 0 Å². The summed E-state index contributed by atoms with van der Waals surface area (Å²) in [7, 11) is 0. The molecule has 0 amide bonds. The summed E-state index contributed by atoms with van der Waals surface area (Å²) in [6.07, 6.45) is 6.25. The van der Waals surface area contributed by atoms with E-state index in [9.17, 15) is 0 Å². The summed E-state index contributed by atoms with van der Waals surface area (Å²) in [4.78, 5) is 0. The summed E-state index contributed by atoms with van der Waals surface area (Å²) >= 11 is 0. The Kier molecular flexibility index (Phi) is 1.11. The third kappa shape index (κ3) is 0.745. The zero-order valence-corrected chi connectivity index (χ0v) is 5.42. The van der Waals surface area contributed by atoms with E-state index in [2.05, 4.69) is 11.8 Å². The molecule has 0 radical (unpaired) electrons. The van der Waals surface area contributed by atoms with Gasteiger partial charge in [0.2, 0.25) is 0 Å². The first-order valence-corrected chi connectivity index (χ1v) is 3.18. The van der Waals surface area contributed by atoms with Crippen LogP contribution in [0.15, 0.2) is 22.8 Å². The van der Waals surface area contributed by atoms with Crippen LogP contribution in [0.1, 0.15) is 11.3 Å². The van der Waals surface area contributed by atoms with Gasteiger partial charge in [-0.15, -0.1) is 0 Å². The van der Waals surface area contributed by atoms with Gasteiger partial charge in [0.05, 0.1) is 12.7 Å². The molecule has 0 N–H and O–H groups in total. The lowest BCUT2D eigenvalue weighted by Crippen LogP contribution is -1.77. The van der Waals surface area contributed by atoms with E-state index >= 15 is 0 Å². The number of allylic oxidation sites excluding steroid dienone is 1. The van der Waals surface area contributed by atoms with Crippen LogP contribution in [0.3, 0.4) is 0 Å². The Morgan fingerprint density at radius 3 is 3.50 bits per heavy atom. The molecule has 0 saturated heterocycles. The number of hydrogen-bond acceptors (Lipinski definition) is 1. The molecular formula is C9H6O. The number of fused-ring (bicyclic) bond motifs is 1. The average Bonchev–Trinajstić information content (AvgIpc) is 2.28. The highest BCUT2D eigenvalue weighted by molar-refractivity contribution is 5.56. The summed E-state index contributed by atoms with van der Waals surface area (Å²) in [5.74, 6) is 6.82. The first-order valence-electron chi connectivity index (χ1n) is 3.18. The van der Waals surface area contributed by atoms with E-state index < -0.39 is 0 Å². The second-order valence-corrected chi connectivity index (χ2v) is 2.13. The van der Waals surface area contributed by atoms with Gasteiger partial charge in [0.25, 0.3) is 0 Å². The van der Waals surface area contributed by atoms with Crippen LogP contribution in [0, 0.1) is 11.8 Å². The number of rotatable bonds is 0. The molecular weight excluding hydrogens is 124 g/mol. The van der Waals surface area contributed by atoms with Crippen LogP contribution in [-0.2, 0) is 6.42 Å². The Hall–Kier alpha value is -1.42. The summed E-state index contributed by atoms with van der Waals surface area (Å²) in [5.41, 5.74) is 1.14. The number of hydrogen-bond donors (Lipinski definition) is 0. The van der Waals surface area contributed by atoms with Crippen LogP contribution in [-0.4, -0.2) is 0 Å². The minimum atomic E-state index is 0.731. The Bertz CT molecular complexity index is 320. The van der Waals surface area contributed by atoms with Crippen molar-refractivity contribution in [1.29, 1.82) is 0 Å². The highest BCUT2D eigenvalue weighted by atomic mass is 16.3. The van der Waals surface area contributed by atoms with Gasteiger partial charge in [-0.1, -0.05) is 11.8 Å². The van der Waals surface area contributed by atoms with E-state index in [1.54, 1.807) is 6.26 Å². The van der Waals surface area contributed by atoms with Gasteiger partial charge in [-0.25, -0.2) is 0 Å². The molecule has 0 atom stereocenters. The first-order chi connectivity index (χ1) is 4.97. The normalized spacial score (nSPS) is 13.2. The Morgan fingerprint density at radius 1 is 1.50 bits per heavy atom. The van der Waals surface area contributed by atoms with Gasteiger partial charge < -0.3 is 4.42 Å². The molecule has 2 rings (SSSR count). The zero-order chi connectivity index (χ0) is 6.81. The van der Waals surface area contributed by atoms with Gasteiger partial charge in [0.1, 0.15) is 5.76 Å². The average molecular weight is 130 g/mol. The predicted molar refractivity (Wildman–Crippen MR) is 39.2 cm³/mol. The van der Waals surface area contributed by atoms with Gasteiger partial charge >= 0.3 is 0 Å². The lowest BCUT2D eigenvalue weighted by Gasteiger charge is -1.86. The minimum Gasteiger partial charge on any atom is -0.468 e. The van der Waals surface area contributed by atoms with Gasteiger partial charge in [-0.05, 0) is 18.2 Å². The lowest BCUT2D eigenvalue weighted by molar-refractivity contribution is 0.524. The zero-order valence-electron chi connectivity index (χ0n) is 5.42. The van der Waals surface area contributed by atoms with E-state index in [0.717, 1.165) is 17.7 Å². The van der Waals surface area contributed by atoms with Gasteiger partial charge in [0.15, 0.2) is 0 Å². The summed E-state index contributed by atoms with van der Waals surface area (Å²) in [6.45, 7) is 0. The van der Waals surface area contributed by atoms with Crippen molar-refractivity contribution in [3.05, 3.63) is 29.7 Å². The highest BCUT2D eigenvalue weighted by Gasteiger charge is 2.01. The van der Waals surface area contributed by atoms with E-state index in [1.807, 2.05) is 18.2 Å². The smallest absolute Gasteiger partial charge is 0.122 e. The van der Waals surface area contributed by atoms with Gasteiger partial charge in [0, 0.05) is 5.56 Å². The molecule has 1 aromatic heterocycles. The summed E-state index contributed by atoms with van der Waals surface area (Å²) in [5, 5.41) is 0. The molecule has 1 aliphatic rings. The third-order valence-corrected chi connectivity index (χ3v) is 1.48. The molecule has 0 spiro atoms. The summed E-state index contributed by atoms with van der Waals surface area (Å²) < 4.78 is 5.18. The highest BCUT2D eigenvalue weighted by Crippen LogP contribution is 2.13. The molecule has 0 saturated carbocycles. The maximum Gasteiger partial charge on any atom is 0.122 e. The Labute approximate surface area is 59.4 Å². The molecule has 1 aromatic rings. The molecule has 0 aromatic carbocycles. The Morgan fingerprint density at radius 2 is 2.50 bits per heavy atom. The van der Waals surface area contributed by atoms with Crippen molar-refractivity contribution in [2.45, 2.75) is 6.42 Å².